The van der Waals surface area contributed by atoms with Crippen molar-refractivity contribution in [1.29, 1.82) is 0 Å². The molecule has 0 N–H and O–H groups in total. The van der Waals surface area contributed by atoms with Crippen LogP contribution < -0.4 is 0 Å². The highest BCUT2D eigenvalue weighted by Crippen LogP contribution is 2.91. The fourth-order valence-electron chi connectivity index (χ4n) is 9.59. The average molecular weight is 344 g/mol. The molecule has 1 aromatic carbocycles. The molecule has 3 nitrogen and oxygen atoms in total. The number of hydrogen-bond acceptors (Lipinski definition) is 3. The summed E-state index contributed by atoms with van der Waals surface area (Å²) in [4.78, 5) is 27.1. The highest BCUT2D eigenvalue weighted by Gasteiger charge is 2.97. The summed E-state index contributed by atoms with van der Waals surface area (Å²) >= 11 is 0. The van der Waals surface area contributed by atoms with Gasteiger partial charge in [0.05, 0.1) is 17.1 Å². The fraction of sp³-hybridized carbons (Fsp3) is 0.565. The van der Waals surface area contributed by atoms with Gasteiger partial charge in [-0.15, -0.1) is 0 Å². The van der Waals surface area contributed by atoms with E-state index in [2.05, 4.69) is 12.2 Å². The largest absolute Gasteiger partial charge is 0.369 e. The van der Waals surface area contributed by atoms with Crippen molar-refractivity contribution < 1.29 is 14.3 Å². The molecule has 1 saturated heterocycles. The molecule has 5 saturated carbocycles. The first kappa shape index (κ1) is 13.4. The van der Waals surface area contributed by atoms with Crippen LogP contribution in [0.5, 0.6) is 0 Å². The topological polar surface area (TPSA) is 43.4 Å². The van der Waals surface area contributed by atoms with Crippen LogP contribution >= 0.6 is 0 Å². The van der Waals surface area contributed by atoms with Crippen LogP contribution in [-0.4, -0.2) is 23.3 Å². The SMILES string of the molecule is O=C(c1ccccc1)[C@@H]1C[C@@H]2C=C[C@H]1[C@]13C(=O)[C@H]4[C@@H]5C[C@@H]6[C@H]4O[C@]21[C@@H]6[C@@H]53. The van der Waals surface area contributed by atoms with Gasteiger partial charge in [0.2, 0.25) is 0 Å². The van der Waals surface area contributed by atoms with E-state index < -0.39 is 0 Å². The van der Waals surface area contributed by atoms with Gasteiger partial charge in [0, 0.05) is 29.2 Å². The van der Waals surface area contributed by atoms with E-state index in [-0.39, 0.29) is 46.6 Å². The highest BCUT2D eigenvalue weighted by atomic mass is 16.5. The minimum Gasteiger partial charge on any atom is -0.369 e. The Labute approximate surface area is 151 Å². The van der Waals surface area contributed by atoms with Crippen molar-refractivity contribution in [3.8, 4) is 0 Å². The molecular weight excluding hydrogens is 324 g/mol. The van der Waals surface area contributed by atoms with E-state index in [1.54, 1.807) is 0 Å². The minimum atomic E-state index is -0.360. The highest BCUT2D eigenvalue weighted by molar-refractivity contribution is 6.02. The second kappa shape index (κ2) is 3.64. The molecule has 1 aliphatic heterocycles. The predicted octanol–water partition coefficient (Wildman–Crippen LogP) is 2.91. The third kappa shape index (κ3) is 0.944. The van der Waals surface area contributed by atoms with Crippen LogP contribution in [0, 0.1) is 52.8 Å². The van der Waals surface area contributed by atoms with Crippen molar-refractivity contribution in [2.75, 3.05) is 0 Å². The predicted molar refractivity (Wildman–Crippen MR) is 92.1 cm³/mol. The normalized spacial score (nSPS) is 60.6. The first-order valence-electron chi connectivity index (χ1n) is 10.2. The monoisotopic (exact) mass is 344 g/mol. The van der Waals surface area contributed by atoms with Crippen LogP contribution in [-0.2, 0) is 9.53 Å². The molecule has 9 rings (SSSR count). The maximum Gasteiger partial charge on any atom is 0.166 e. The van der Waals surface area contributed by atoms with Gasteiger partial charge in [0.15, 0.2) is 5.78 Å². The molecule has 4 bridgehead atoms. The number of rotatable bonds is 2. The zero-order chi connectivity index (χ0) is 17.0. The smallest absolute Gasteiger partial charge is 0.166 e. The minimum absolute atomic E-state index is 0.0536. The van der Waals surface area contributed by atoms with Gasteiger partial charge in [-0.2, -0.15) is 0 Å². The standard InChI is InChI=1S/C23H20O3/c24-19(10-4-2-1-3-5-10)12-8-11-6-7-15(12)22-17-13-9-14-18(17)23(11,22)26-20(14)16(13)21(22)25/h1-7,11-18,20H,8-9H2/t11-,12+,13-,14-,15+,16-,17+,18-,20+,22-,23-/m0/s1. The van der Waals surface area contributed by atoms with Crippen molar-refractivity contribution in [1.82, 2.24) is 0 Å². The molecule has 0 radical (unpaired) electrons. The van der Waals surface area contributed by atoms with E-state index in [4.69, 9.17) is 4.74 Å². The molecule has 2 spiro atoms. The zero-order valence-electron chi connectivity index (χ0n) is 14.4. The molecular formula is C23H20O3. The second-order valence-electron chi connectivity index (χ2n) is 9.84. The molecule has 11 atom stereocenters. The van der Waals surface area contributed by atoms with E-state index in [9.17, 15) is 9.59 Å². The maximum absolute atomic E-state index is 13.7. The van der Waals surface area contributed by atoms with Gasteiger partial charge < -0.3 is 4.74 Å². The molecule has 1 aromatic rings. The molecule has 7 aliphatic carbocycles. The van der Waals surface area contributed by atoms with Crippen molar-refractivity contribution in [2.24, 2.45) is 52.8 Å². The van der Waals surface area contributed by atoms with E-state index in [1.165, 1.54) is 6.42 Å². The Morgan fingerprint density at radius 1 is 1.04 bits per heavy atom. The molecule has 0 unspecified atom stereocenters. The van der Waals surface area contributed by atoms with Crippen molar-refractivity contribution >= 4 is 11.6 Å². The molecule has 1 heterocycles. The lowest BCUT2D eigenvalue weighted by molar-refractivity contribution is -0.295. The molecule has 130 valence electrons. The lowest BCUT2D eigenvalue weighted by Crippen LogP contribution is -2.80. The van der Waals surface area contributed by atoms with Gasteiger partial charge in [0.1, 0.15) is 5.78 Å². The summed E-state index contributed by atoms with van der Waals surface area (Å²) in [5.74, 6) is 3.42. The van der Waals surface area contributed by atoms with Crippen LogP contribution in [0.15, 0.2) is 42.5 Å². The Morgan fingerprint density at radius 2 is 1.88 bits per heavy atom. The Morgan fingerprint density at radius 3 is 2.73 bits per heavy atom. The number of Topliss-reactive ketones (excluding diaryl/α,β-unsaturated/α-hetero) is 2. The van der Waals surface area contributed by atoms with Gasteiger partial charge in [-0.3, -0.25) is 9.59 Å². The number of ether oxygens (including phenoxy) is 1. The summed E-state index contributed by atoms with van der Waals surface area (Å²) in [6.45, 7) is 0. The number of carbonyl (C=O) groups is 2. The molecule has 6 fully saturated rings. The number of benzene rings is 1. The quantitative estimate of drug-likeness (QED) is 0.612. The number of fused-ring (bicyclic) bond motifs is 2. The van der Waals surface area contributed by atoms with E-state index >= 15 is 0 Å². The number of allylic oxidation sites excluding steroid dienone is 1. The van der Waals surface area contributed by atoms with Crippen LogP contribution in [0.3, 0.4) is 0 Å². The van der Waals surface area contributed by atoms with Crippen LogP contribution in [0.2, 0.25) is 0 Å². The van der Waals surface area contributed by atoms with Gasteiger partial charge in [0.25, 0.3) is 0 Å². The Bertz CT molecular complexity index is 949. The third-order valence-electron chi connectivity index (χ3n) is 9.76. The van der Waals surface area contributed by atoms with Crippen molar-refractivity contribution in [3.05, 3.63) is 48.0 Å². The van der Waals surface area contributed by atoms with Gasteiger partial charge in [-0.1, -0.05) is 42.5 Å². The van der Waals surface area contributed by atoms with Gasteiger partial charge in [-0.25, -0.2) is 0 Å². The van der Waals surface area contributed by atoms with E-state index in [0.29, 0.717) is 29.5 Å². The Kier molecular flexibility index (Phi) is 1.88. The molecule has 26 heavy (non-hydrogen) atoms. The first-order chi connectivity index (χ1) is 12.7. The summed E-state index contributed by atoms with van der Waals surface area (Å²) in [6.07, 6.45) is 6.83. The number of ketones is 2. The van der Waals surface area contributed by atoms with Crippen LogP contribution in [0.4, 0.5) is 0 Å². The summed E-state index contributed by atoms with van der Waals surface area (Å²) in [5, 5.41) is 0. The zero-order valence-corrected chi connectivity index (χ0v) is 14.4. The summed E-state index contributed by atoms with van der Waals surface area (Å²) in [6, 6.07) is 9.67. The average Bonchev–Trinajstić information content (AvgIpc) is 3.22. The molecule has 0 amide bonds. The number of carbonyl (C=O) groups excluding carboxylic acids is 2. The lowest BCUT2D eigenvalue weighted by atomic mass is 9.32. The third-order valence-corrected chi connectivity index (χ3v) is 9.76. The lowest BCUT2D eigenvalue weighted by Gasteiger charge is -2.72. The maximum atomic E-state index is 13.7. The summed E-state index contributed by atoms with van der Waals surface area (Å²) in [5.41, 5.74) is 0.199. The molecule has 3 heteroatoms. The molecule has 8 aliphatic rings. The Balaban J connectivity index is 1.32. The second-order valence-corrected chi connectivity index (χ2v) is 9.84. The van der Waals surface area contributed by atoms with Crippen molar-refractivity contribution in [3.63, 3.8) is 0 Å². The van der Waals surface area contributed by atoms with Gasteiger partial charge >= 0.3 is 0 Å². The Hall–Kier alpha value is -1.74. The van der Waals surface area contributed by atoms with Gasteiger partial charge in [-0.05, 0) is 36.5 Å². The van der Waals surface area contributed by atoms with E-state index in [0.717, 1.165) is 12.0 Å². The summed E-state index contributed by atoms with van der Waals surface area (Å²) < 4.78 is 6.80. The van der Waals surface area contributed by atoms with Crippen LogP contribution in [0.1, 0.15) is 23.2 Å². The van der Waals surface area contributed by atoms with Crippen molar-refractivity contribution in [2.45, 2.75) is 24.5 Å². The van der Waals surface area contributed by atoms with Crippen LogP contribution in [0.25, 0.3) is 0 Å². The number of hydrogen-bond donors (Lipinski definition) is 0. The fourth-order valence-corrected chi connectivity index (χ4v) is 9.59. The van der Waals surface area contributed by atoms with E-state index in [1.807, 2.05) is 30.3 Å². The molecule has 0 aromatic heterocycles. The first-order valence-corrected chi connectivity index (χ1v) is 10.2. The summed E-state index contributed by atoms with van der Waals surface area (Å²) in [7, 11) is 0.